The minimum Gasteiger partial charge on any atom is -0.349 e. The van der Waals surface area contributed by atoms with Crippen LogP contribution in [0.1, 0.15) is 45.1 Å². The summed E-state index contributed by atoms with van der Waals surface area (Å²) in [5, 5.41) is 10.6. The number of nitrogens with one attached hydrogen (secondary N) is 2. The number of carbonyl (C=O) groups excluding carboxylic acids is 1. The van der Waals surface area contributed by atoms with Gasteiger partial charge < -0.3 is 5.32 Å². The molecule has 1 amide bonds. The van der Waals surface area contributed by atoms with Crippen LogP contribution in [0.5, 0.6) is 0 Å². The lowest BCUT2D eigenvalue weighted by Gasteiger charge is -2.13. The van der Waals surface area contributed by atoms with E-state index >= 15 is 0 Å². The van der Waals surface area contributed by atoms with E-state index in [-0.39, 0.29) is 17.4 Å². The summed E-state index contributed by atoms with van der Waals surface area (Å²) in [6, 6.07) is 9.89. The van der Waals surface area contributed by atoms with Crippen LogP contribution in [-0.4, -0.2) is 26.8 Å². The number of carbonyl (C=O) groups is 1. The lowest BCUT2D eigenvalue weighted by molar-refractivity contribution is -0.119. The summed E-state index contributed by atoms with van der Waals surface area (Å²) >= 11 is 1.34. The standard InChI is InChI=1S/C16H22N4OS/c1-11(12-8-6-5-7-9-12)17-13(21)10-22-15-18-14(19-20-15)16(2,3)4/h5-9,11H,10H2,1-4H3,(H,17,21)(H,18,19,20). The number of nitrogens with zero attached hydrogens (tertiary/aromatic N) is 2. The zero-order valence-electron chi connectivity index (χ0n) is 13.4. The van der Waals surface area contributed by atoms with Gasteiger partial charge in [0.2, 0.25) is 11.1 Å². The molecule has 0 saturated heterocycles. The number of thioether (sulfide) groups is 1. The van der Waals surface area contributed by atoms with Gasteiger partial charge in [0.1, 0.15) is 5.82 Å². The topological polar surface area (TPSA) is 70.7 Å². The Morgan fingerprint density at radius 1 is 1.32 bits per heavy atom. The van der Waals surface area contributed by atoms with Crippen LogP contribution in [0.4, 0.5) is 0 Å². The zero-order valence-corrected chi connectivity index (χ0v) is 14.2. The molecule has 0 bridgehead atoms. The lowest BCUT2D eigenvalue weighted by Crippen LogP contribution is -2.28. The summed E-state index contributed by atoms with van der Waals surface area (Å²) < 4.78 is 0. The molecule has 1 aromatic carbocycles. The molecule has 1 unspecified atom stereocenters. The van der Waals surface area contributed by atoms with Gasteiger partial charge in [-0.25, -0.2) is 4.98 Å². The van der Waals surface area contributed by atoms with Crippen molar-refractivity contribution in [2.45, 2.75) is 44.3 Å². The molecule has 2 N–H and O–H groups in total. The normalized spacial score (nSPS) is 12.9. The van der Waals surface area contributed by atoms with Crippen LogP contribution in [-0.2, 0) is 10.2 Å². The minimum atomic E-state index is -0.0735. The van der Waals surface area contributed by atoms with Crippen molar-refractivity contribution in [2.75, 3.05) is 5.75 Å². The molecule has 0 fully saturated rings. The van der Waals surface area contributed by atoms with Crippen molar-refractivity contribution in [1.82, 2.24) is 20.5 Å². The van der Waals surface area contributed by atoms with Gasteiger partial charge >= 0.3 is 0 Å². The third-order valence-corrected chi connectivity index (χ3v) is 4.03. The van der Waals surface area contributed by atoms with Crippen molar-refractivity contribution >= 4 is 17.7 Å². The molecule has 2 aromatic rings. The van der Waals surface area contributed by atoms with Crippen molar-refractivity contribution in [3.8, 4) is 0 Å². The highest BCUT2D eigenvalue weighted by molar-refractivity contribution is 7.99. The first-order chi connectivity index (χ1) is 10.4. The first-order valence-electron chi connectivity index (χ1n) is 7.26. The Labute approximate surface area is 135 Å². The van der Waals surface area contributed by atoms with Gasteiger partial charge in [-0.05, 0) is 12.5 Å². The van der Waals surface area contributed by atoms with Crippen LogP contribution in [0.25, 0.3) is 0 Å². The number of hydrogen-bond acceptors (Lipinski definition) is 4. The Balaban J connectivity index is 1.84. The second-order valence-corrected chi connectivity index (χ2v) is 7.15. The molecule has 1 atom stereocenters. The molecular weight excluding hydrogens is 296 g/mol. The Morgan fingerprint density at radius 2 is 2.00 bits per heavy atom. The van der Waals surface area contributed by atoms with Crippen LogP contribution in [0.2, 0.25) is 0 Å². The van der Waals surface area contributed by atoms with E-state index in [1.54, 1.807) is 0 Å². The Bertz CT molecular complexity index is 619. The van der Waals surface area contributed by atoms with Crippen LogP contribution >= 0.6 is 11.8 Å². The van der Waals surface area contributed by atoms with Crippen molar-refractivity contribution in [2.24, 2.45) is 0 Å². The maximum atomic E-state index is 12.0. The quantitative estimate of drug-likeness (QED) is 0.831. The van der Waals surface area contributed by atoms with Gasteiger partial charge in [0.05, 0.1) is 11.8 Å². The fourth-order valence-corrected chi connectivity index (χ4v) is 2.49. The van der Waals surface area contributed by atoms with E-state index in [9.17, 15) is 4.79 Å². The first kappa shape index (κ1) is 16.5. The van der Waals surface area contributed by atoms with E-state index in [0.29, 0.717) is 10.9 Å². The molecule has 0 spiro atoms. The highest BCUT2D eigenvalue weighted by Crippen LogP contribution is 2.21. The van der Waals surface area contributed by atoms with E-state index < -0.39 is 0 Å². The fourth-order valence-electron chi connectivity index (χ4n) is 1.88. The number of rotatable bonds is 5. The van der Waals surface area contributed by atoms with Gasteiger partial charge in [-0.15, -0.1) is 5.10 Å². The van der Waals surface area contributed by atoms with E-state index in [1.807, 2.05) is 37.3 Å². The molecule has 0 aliphatic carbocycles. The van der Waals surface area contributed by atoms with Crippen LogP contribution in [0.15, 0.2) is 35.5 Å². The summed E-state index contributed by atoms with van der Waals surface area (Å²) in [4.78, 5) is 16.4. The average molecular weight is 318 g/mol. The van der Waals surface area contributed by atoms with Crippen molar-refractivity contribution in [3.63, 3.8) is 0 Å². The number of H-pyrrole nitrogens is 1. The Kier molecular flexibility index (Phi) is 5.24. The molecule has 1 heterocycles. The predicted octanol–water partition coefficient (Wildman–Crippen LogP) is 3.07. The number of hydrogen-bond donors (Lipinski definition) is 2. The summed E-state index contributed by atoms with van der Waals surface area (Å²) in [5.74, 6) is 1.11. The largest absolute Gasteiger partial charge is 0.349 e. The number of benzene rings is 1. The van der Waals surface area contributed by atoms with Crippen molar-refractivity contribution in [3.05, 3.63) is 41.7 Å². The van der Waals surface area contributed by atoms with Gasteiger partial charge in [-0.3, -0.25) is 9.89 Å². The maximum absolute atomic E-state index is 12.0. The molecule has 5 nitrogen and oxygen atoms in total. The number of amides is 1. The van der Waals surface area contributed by atoms with E-state index in [0.717, 1.165) is 11.4 Å². The minimum absolute atomic E-state index is 0.00780. The Morgan fingerprint density at radius 3 is 2.59 bits per heavy atom. The predicted molar refractivity (Wildman–Crippen MR) is 88.8 cm³/mol. The summed E-state index contributed by atoms with van der Waals surface area (Å²) in [7, 11) is 0. The molecule has 22 heavy (non-hydrogen) atoms. The molecule has 0 saturated carbocycles. The molecule has 0 aliphatic heterocycles. The monoisotopic (exact) mass is 318 g/mol. The molecule has 118 valence electrons. The SMILES string of the molecule is CC(NC(=O)CSc1n[nH]c(C(C)(C)C)n1)c1ccccc1. The van der Waals surface area contributed by atoms with Crippen LogP contribution in [0, 0.1) is 0 Å². The van der Waals surface area contributed by atoms with Gasteiger partial charge in [0, 0.05) is 5.41 Å². The summed E-state index contributed by atoms with van der Waals surface area (Å²) in [6.45, 7) is 8.17. The molecule has 2 rings (SSSR count). The highest BCUT2D eigenvalue weighted by atomic mass is 32.2. The number of aromatic nitrogens is 3. The zero-order chi connectivity index (χ0) is 16.2. The molecular formula is C16H22N4OS. The van der Waals surface area contributed by atoms with E-state index in [1.165, 1.54) is 11.8 Å². The molecule has 0 radical (unpaired) electrons. The van der Waals surface area contributed by atoms with Crippen LogP contribution < -0.4 is 5.32 Å². The second-order valence-electron chi connectivity index (χ2n) is 6.21. The second kappa shape index (κ2) is 6.96. The maximum Gasteiger partial charge on any atom is 0.230 e. The first-order valence-corrected chi connectivity index (χ1v) is 8.25. The van der Waals surface area contributed by atoms with E-state index in [2.05, 4.69) is 41.3 Å². The van der Waals surface area contributed by atoms with Gasteiger partial charge in [-0.2, -0.15) is 0 Å². The lowest BCUT2D eigenvalue weighted by atomic mass is 9.96. The smallest absolute Gasteiger partial charge is 0.230 e. The fraction of sp³-hybridized carbons (Fsp3) is 0.438. The number of aromatic amines is 1. The molecule has 6 heteroatoms. The van der Waals surface area contributed by atoms with Crippen LogP contribution in [0.3, 0.4) is 0 Å². The average Bonchev–Trinajstić information content (AvgIpc) is 2.95. The molecule has 1 aromatic heterocycles. The van der Waals surface area contributed by atoms with E-state index in [4.69, 9.17) is 0 Å². The molecule has 0 aliphatic rings. The highest BCUT2D eigenvalue weighted by Gasteiger charge is 2.19. The van der Waals surface area contributed by atoms with Crippen molar-refractivity contribution < 1.29 is 4.79 Å². The third kappa shape index (κ3) is 4.59. The summed E-state index contributed by atoms with van der Waals surface area (Å²) in [6.07, 6.45) is 0. The third-order valence-electron chi connectivity index (χ3n) is 3.18. The van der Waals surface area contributed by atoms with Gasteiger partial charge in [0.15, 0.2) is 0 Å². The van der Waals surface area contributed by atoms with Crippen molar-refractivity contribution in [1.29, 1.82) is 0 Å². The summed E-state index contributed by atoms with van der Waals surface area (Å²) in [5.41, 5.74) is 1.02. The Hall–Kier alpha value is -1.82. The van der Waals surface area contributed by atoms with Gasteiger partial charge in [0.25, 0.3) is 0 Å². The van der Waals surface area contributed by atoms with Gasteiger partial charge in [-0.1, -0.05) is 62.9 Å².